The molecule has 0 atom stereocenters. The summed E-state index contributed by atoms with van der Waals surface area (Å²) in [6.45, 7) is 0.778. The second-order valence-electron chi connectivity index (χ2n) is 7.66. The fraction of sp³-hybridized carbons (Fsp3) is 0.0769. The minimum atomic E-state index is -0.0655. The van der Waals surface area contributed by atoms with Crippen LogP contribution < -0.4 is 10.1 Å². The molecule has 0 aliphatic heterocycles. The van der Waals surface area contributed by atoms with Gasteiger partial charge < -0.3 is 19.7 Å². The molecule has 0 spiro atoms. The molecule has 0 saturated heterocycles. The van der Waals surface area contributed by atoms with E-state index in [0.29, 0.717) is 5.75 Å². The second kappa shape index (κ2) is 8.84. The first-order valence-corrected chi connectivity index (χ1v) is 10.8. The highest BCUT2D eigenvalue weighted by Gasteiger charge is 2.12. The van der Waals surface area contributed by atoms with Gasteiger partial charge in [-0.15, -0.1) is 0 Å². The number of fused-ring (bicyclic) bond motifs is 1. The van der Waals surface area contributed by atoms with Crippen LogP contribution in [0.2, 0.25) is 5.02 Å². The van der Waals surface area contributed by atoms with Crippen LogP contribution >= 0.6 is 11.6 Å². The average Bonchev–Trinajstić information content (AvgIpc) is 3.35. The quantitative estimate of drug-likeness (QED) is 0.315. The van der Waals surface area contributed by atoms with Crippen molar-refractivity contribution in [1.29, 1.82) is 0 Å². The fourth-order valence-corrected chi connectivity index (χ4v) is 3.98. The Balaban J connectivity index is 1.46. The third-order valence-corrected chi connectivity index (χ3v) is 5.77. The first kappa shape index (κ1) is 20.8. The standard InChI is InChI=1S/C26H21ClN4O2/c1-33-25-14-19(13-22(27)26(25)32)18-4-7-23-21(12-18)24(8-9-29-23)30-20-5-2-17(3-6-20)15-31-11-10-28-16-31/h2-14,16,32H,15H2,1H3,(H,29,30). The number of anilines is 2. The highest BCUT2D eigenvalue weighted by Crippen LogP contribution is 2.39. The molecule has 3 aromatic carbocycles. The van der Waals surface area contributed by atoms with Gasteiger partial charge >= 0.3 is 0 Å². The number of ether oxygens (including phenoxy) is 1. The van der Waals surface area contributed by atoms with Crippen molar-refractivity contribution in [3.8, 4) is 22.6 Å². The van der Waals surface area contributed by atoms with E-state index >= 15 is 0 Å². The van der Waals surface area contributed by atoms with Crippen molar-refractivity contribution in [3.63, 3.8) is 0 Å². The van der Waals surface area contributed by atoms with Crippen molar-refractivity contribution in [1.82, 2.24) is 14.5 Å². The van der Waals surface area contributed by atoms with Gasteiger partial charge in [0, 0.05) is 41.9 Å². The number of benzene rings is 3. The minimum absolute atomic E-state index is 0.0655. The Morgan fingerprint density at radius 1 is 1.00 bits per heavy atom. The van der Waals surface area contributed by atoms with Crippen LogP contribution in [0.4, 0.5) is 11.4 Å². The smallest absolute Gasteiger partial charge is 0.176 e. The third-order valence-electron chi connectivity index (χ3n) is 5.48. The van der Waals surface area contributed by atoms with Gasteiger partial charge in [0.25, 0.3) is 0 Å². The van der Waals surface area contributed by atoms with E-state index in [1.54, 1.807) is 24.5 Å². The maximum Gasteiger partial charge on any atom is 0.176 e. The Morgan fingerprint density at radius 3 is 2.61 bits per heavy atom. The van der Waals surface area contributed by atoms with E-state index in [4.69, 9.17) is 16.3 Å². The van der Waals surface area contributed by atoms with Crippen molar-refractivity contribution in [2.75, 3.05) is 12.4 Å². The monoisotopic (exact) mass is 456 g/mol. The molecule has 0 aliphatic carbocycles. The van der Waals surface area contributed by atoms with Crippen LogP contribution in [0.5, 0.6) is 11.5 Å². The lowest BCUT2D eigenvalue weighted by molar-refractivity contribution is 0.374. The van der Waals surface area contributed by atoms with Gasteiger partial charge in [0.15, 0.2) is 11.5 Å². The Labute approximate surface area is 196 Å². The Bertz CT molecular complexity index is 1420. The van der Waals surface area contributed by atoms with Gasteiger partial charge in [0.2, 0.25) is 0 Å². The Morgan fingerprint density at radius 2 is 1.85 bits per heavy atom. The zero-order valence-corrected chi connectivity index (χ0v) is 18.6. The molecule has 0 unspecified atom stereocenters. The molecule has 0 fully saturated rings. The summed E-state index contributed by atoms with van der Waals surface area (Å²) >= 11 is 6.20. The number of rotatable bonds is 6. The van der Waals surface area contributed by atoms with Gasteiger partial charge in [-0.1, -0.05) is 29.8 Å². The number of phenolic OH excluding ortho intramolecular Hbond substituents is 1. The van der Waals surface area contributed by atoms with Crippen molar-refractivity contribution in [3.05, 3.63) is 96.2 Å². The number of pyridine rings is 1. The number of imidazole rings is 1. The number of aromatic nitrogens is 3. The first-order valence-electron chi connectivity index (χ1n) is 10.4. The van der Waals surface area contributed by atoms with Crippen molar-refractivity contribution in [2.45, 2.75) is 6.54 Å². The van der Waals surface area contributed by atoms with E-state index in [1.807, 2.05) is 35.3 Å². The lowest BCUT2D eigenvalue weighted by Crippen LogP contribution is -1.97. The molecule has 5 aromatic rings. The van der Waals surface area contributed by atoms with Crippen LogP contribution in [0.25, 0.3) is 22.0 Å². The number of nitrogens with one attached hydrogen (secondary N) is 1. The maximum absolute atomic E-state index is 10.1. The average molecular weight is 457 g/mol. The van der Waals surface area contributed by atoms with E-state index in [0.717, 1.165) is 39.9 Å². The summed E-state index contributed by atoms with van der Waals surface area (Å²) in [4.78, 5) is 8.59. The van der Waals surface area contributed by atoms with Gasteiger partial charge in [-0.25, -0.2) is 4.98 Å². The van der Waals surface area contributed by atoms with Crippen molar-refractivity contribution < 1.29 is 9.84 Å². The first-order chi connectivity index (χ1) is 16.1. The van der Waals surface area contributed by atoms with Gasteiger partial charge in [0.05, 0.1) is 24.0 Å². The second-order valence-corrected chi connectivity index (χ2v) is 8.06. The SMILES string of the molecule is COc1cc(-c2ccc3nccc(Nc4ccc(Cn5ccnc5)cc4)c3c2)cc(Cl)c1O. The lowest BCUT2D eigenvalue weighted by atomic mass is 10.0. The van der Waals surface area contributed by atoms with Gasteiger partial charge in [0.1, 0.15) is 0 Å². The van der Waals surface area contributed by atoms with Gasteiger partial charge in [-0.2, -0.15) is 0 Å². The molecule has 0 aliphatic rings. The Hall–Kier alpha value is -4.03. The largest absolute Gasteiger partial charge is 0.503 e. The molecule has 0 bridgehead atoms. The molecule has 0 amide bonds. The molecule has 5 rings (SSSR count). The lowest BCUT2D eigenvalue weighted by Gasteiger charge is -2.13. The van der Waals surface area contributed by atoms with Crippen LogP contribution in [0.3, 0.4) is 0 Å². The van der Waals surface area contributed by atoms with Crippen LogP contribution in [0, 0.1) is 0 Å². The predicted octanol–water partition coefficient (Wildman–Crippen LogP) is 6.26. The zero-order valence-electron chi connectivity index (χ0n) is 17.9. The molecule has 6 nitrogen and oxygen atoms in total. The topological polar surface area (TPSA) is 72.2 Å². The summed E-state index contributed by atoms with van der Waals surface area (Å²) in [6, 6.07) is 19.8. The number of halogens is 1. The zero-order chi connectivity index (χ0) is 22.8. The summed E-state index contributed by atoms with van der Waals surface area (Å²) in [5.74, 6) is 0.266. The highest BCUT2D eigenvalue weighted by atomic mass is 35.5. The summed E-state index contributed by atoms with van der Waals surface area (Å²) in [5.41, 5.74) is 5.78. The normalized spacial score (nSPS) is 11.0. The van der Waals surface area contributed by atoms with E-state index in [-0.39, 0.29) is 10.8 Å². The molecule has 0 saturated carbocycles. The van der Waals surface area contributed by atoms with Crippen LogP contribution in [0.15, 0.2) is 85.6 Å². The number of nitrogens with zero attached hydrogens (tertiary/aromatic N) is 3. The number of hydrogen-bond donors (Lipinski definition) is 2. The number of methoxy groups -OCH3 is 1. The summed E-state index contributed by atoms with van der Waals surface area (Å²) < 4.78 is 7.29. The van der Waals surface area contributed by atoms with Gasteiger partial charge in [-0.3, -0.25) is 4.98 Å². The number of phenols is 1. The van der Waals surface area contributed by atoms with Crippen LogP contribution in [-0.4, -0.2) is 26.8 Å². The van der Waals surface area contributed by atoms with E-state index in [9.17, 15) is 5.11 Å². The molecule has 2 heterocycles. The minimum Gasteiger partial charge on any atom is -0.503 e. The summed E-state index contributed by atoms with van der Waals surface area (Å²) in [6.07, 6.45) is 7.33. The summed E-state index contributed by atoms with van der Waals surface area (Å²) in [7, 11) is 1.50. The molecule has 33 heavy (non-hydrogen) atoms. The van der Waals surface area contributed by atoms with Gasteiger partial charge in [-0.05, 0) is 59.2 Å². The molecule has 0 radical (unpaired) electrons. The molecular formula is C26H21ClN4O2. The predicted molar refractivity (Wildman–Crippen MR) is 131 cm³/mol. The van der Waals surface area contributed by atoms with E-state index < -0.39 is 0 Å². The molecule has 2 aromatic heterocycles. The third kappa shape index (κ3) is 4.33. The summed E-state index contributed by atoms with van der Waals surface area (Å²) in [5, 5.41) is 14.8. The highest BCUT2D eigenvalue weighted by molar-refractivity contribution is 6.32. The molecule has 2 N–H and O–H groups in total. The maximum atomic E-state index is 10.1. The fourth-order valence-electron chi connectivity index (χ4n) is 3.77. The van der Waals surface area contributed by atoms with E-state index in [1.165, 1.54) is 12.7 Å². The van der Waals surface area contributed by atoms with Crippen molar-refractivity contribution in [2.24, 2.45) is 0 Å². The van der Waals surface area contributed by atoms with Crippen LogP contribution in [-0.2, 0) is 6.54 Å². The van der Waals surface area contributed by atoms with Crippen LogP contribution in [0.1, 0.15) is 5.56 Å². The van der Waals surface area contributed by atoms with Crippen molar-refractivity contribution >= 4 is 33.9 Å². The van der Waals surface area contributed by atoms with E-state index in [2.05, 4.69) is 45.6 Å². The molecule has 164 valence electrons. The molecular weight excluding hydrogens is 436 g/mol. The Kier molecular flexibility index (Phi) is 5.59. The number of aromatic hydroxyl groups is 1. The molecule has 7 heteroatoms. The number of hydrogen-bond acceptors (Lipinski definition) is 5.